The third kappa shape index (κ3) is 3.78. The van der Waals surface area contributed by atoms with Gasteiger partial charge in [0.25, 0.3) is 0 Å². The number of nitrogens with zero attached hydrogens (tertiary/aromatic N) is 1. The predicted molar refractivity (Wildman–Crippen MR) is 73.8 cm³/mol. The molecule has 0 saturated carbocycles. The summed E-state index contributed by atoms with van der Waals surface area (Å²) in [5, 5.41) is 5.50. The largest absolute Gasteiger partial charge is 0.334 e. The van der Waals surface area contributed by atoms with E-state index in [1.807, 2.05) is 24.3 Å². The van der Waals surface area contributed by atoms with Gasteiger partial charge in [0.2, 0.25) is 0 Å². The summed E-state index contributed by atoms with van der Waals surface area (Å²) in [6.07, 6.45) is 3.39. The van der Waals surface area contributed by atoms with Gasteiger partial charge in [-0.05, 0) is 42.0 Å². The molecule has 0 spiro atoms. The number of hydrogen-bond donors (Lipinski definition) is 3. The zero-order valence-electron chi connectivity index (χ0n) is 9.63. The van der Waals surface area contributed by atoms with E-state index < -0.39 is 0 Å². The predicted octanol–water partition coefficient (Wildman–Crippen LogP) is 2.69. The number of rotatable bonds is 3. The summed E-state index contributed by atoms with van der Waals surface area (Å²) in [6, 6.07) is 10.7. The van der Waals surface area contributed by atoms with Crippen molar-refractivity contribution in [3.63, 3.8) is 0 Å². The number of nitrogens with one attached hydrogen (secondary N) is 2. The summed E-state index contributed by atoms with van der Waals surface area (Å²) in [5.74, 6) is 0. The molecule has 0 unspecified atom stereocenters. The van der Waals surface area contributed by atoms with E-state index in [4.69, 9.17) is 0 Å². The second kappa shape index (κ2) is 6.07. The van der Waals surface area contributed by atoms with Gasteiger partial charge in [0.15, 0.2) is 0 Å². The summed E-state index contributed by atoms with van der Waals surface area (Å²) < 4.78 is 0. The first-order valence-electron chi connectivity index (χ1n) is 5.47. The van der Waals surface area contributed by atoms with E-state index >= 15 is 0 Å². The number of urea groups is 1. The molecule has 2 rings (SSSR count). The maximum Gasteiger partial charge on any atom is 0.319 e. The fourth-order valence-electron chi connectivity index (χ4n) is 1.40. The van der Waals surface area contributed by atoms with Gasteiger partial charge in [-0.15, -0.1) is 12.6 Å². The van der Waals surface area contributed by atoms with Crippen LogP contribution in [-0.4, -0.2) is 11.0 Å². The van der Waals surface area contributed by atoms with Gasteiger partial charge in [0.1, 0.15) is 0 Å². The summed E-state index contributed by atoms with van der Waals surface area (Å²) in [4.78, 5) is 16.4. The number of thiol groups is 1. The van der Waals surface area contributed by atoms with Crippen LogP contribution < -0.4 is 10.6 Å². The molecule has 0 aliphatic rings. The Balaban J connectivity index is 1.84. The monoisotopic (exact) mass is 259 g/mol. The lowest BCUT2D eigenvalue weighted by Gasteiger charge is -2.07. The van der Waals surface area contributed by atoms with Crippen LogP contribution in [0.2, 0.25) is 0 Å². The fourth-order valence-corrected chi connectivity index (χ4v) is 1.55. The summed E-state index contributed by atoms with van der Waals surface area (Å²) in [5.41, 5.74) is 1.74. The molecule has 1 heterocycles. The van der Waals surface area contributed by atoms with Crippen LogP contribution in [0, 0.1) is 0 Å². The summed E-state index contributed by atoms with van der Waals surface area (Å²) in [6.45, 7) is 0.471. The molecular weight excluding hydrogens is 246 g/mol. The van der Waals surface area contributed by atoms with E-state index in [0.29, 0.717) is 6.54 Å². The zero-order valence-corrected chi connectivity index (χ0v) is 10.5. The Kier molecular flexibility index (Phi) is 4.20. The van der Waals surface area contributed by atoms with E-state index in [1.165, 1.54) is 0 Å². The third-order valence-electron chi connectivity index (χ3n) is 2.33. The lowest BCUT2D eigenvalue weighted by atomic mass is 10.3. The second-order valence-electron chi connectivity index (χ2n) is 3.71. The van der Waals surface area contributed by atoms with Crippen LogP contribution in [0.15, 0.2) is 53.7 Å². The second-order valence-corrected chi connectivity index (χ2v) is 4.23. The Bertz CT molecular complexity index is 514. The van der Waals surface area contributed by atoms with E-state index in [2.05, 4.69) is 28.2 Å². The highest BCUT2D eigenvalue weighted by Gasteiger charge is 2.01. The SMILES string of the molecule is O=C(NCc1ccncc1)Nc1ccc(S)cc1. The van der Waals surface area contributed by atoms with E-state index in [9.17, 15) is 4.79 Å². The van der Waals surface area contributed by atoms with Crippen molar-refractivity contribution in [3.05, 3.63) is 54.4 Å². The lowest BCUT2D eigenvalue weighted by Crippen LogP contribution is -2.28. The molecule has 2 amide bonds. The molecule has 18 heavy (non-hydrogen) atoms. The number of benzene rings is 1. The van der Waals surface area contributed by atoms with Gasteiger partial charge in [0, 0.05) is 29.5 Å². The van der Waals surface area contributed by atoms with Crippen molar-refractivity contribution in [2.45, 2.75) is 11.4 Å². The van der Waals surface area contributed by atoms with Crippen LogP contribution in [-0.2, 0) is 6.54 Å². The fraction of sp³-hybridized carbons (Fsp3) is 0.0769. The molecule has 0 atom stereocenters. The Hall–Kier alpha value is -2.01. The molecule has 0 aliphatic heterocycles. The molecule has 2 aromatic rings. The maximum absolute atomic E-state index is 11.6. The zero-order chi connectivity index (χ0) is 12.8. The molecule has 2 N–H and O–H groups in total. The quantitative estimate of drug-likeness (QED) is 0.742. The number of amides is 2. The lowest BCUT2D eigenvalue weighted by molar-refractivity contribution is 0.251. The molecular formula is C13H13N3OS. The number of pyridine rings is 1. The van der Waals surface area contributed by atoms with Gasteiger partial charge in [0.05, 0.1) is 0 Å². The van der Waals surface area contributed by atoms with E-state index in [1.54, 1.807) is 24.5 Å². The van der Waals surface area contributed by atoms with Gasteiger partial charge < -0.3 is 10.6 Å². The first-order chi connectivity index (χ1) is 8.74. The minimum atomic E-state index is -0.237. The number of anilines is 1. The molecule has 0 saturated heterocycles. The third-order valence-corrected chi connectivity index (χ3v) is 2.63. The minimum Gasteiger partial charge on any atom is -0.334 e. The molecule has 0 bridgehead atoms. The molecule has 5 heteroatoms. The Morgan fingerprint density at radius 2 is 1.78 bits per heavy atom. The summed E-state index contributed by atoms with van der Waals surface area (Å²) in [7, 11) is 0. The highest BCUT2D eigenvalue weighted by molar-refractivity contribution is 7.80. The summed E-state index contributed by atoms with van der Waals surface area (Å²) >= 11 is 4.18. The van der Waals surface area contributed by atoms with Crippen LogP contribution in [0.3, 0.4) is 0 Å². The van der Waals surface area contributed by atoms with Gasteiger partial charge in [-0.25, -0.2) is 4.79 Å². The van der Waals surface area contributed by atoms with Crippen molar-refractivity contribution in [1.29, 1.82) is 0 Å². The molecule has 1 aromatic heterocycles. The number of hydrogen-bond acceptors (Lipinski definition) is 3. The van der Waals surface area contributed by atoms with Crippen LogP contribution >= 0.6 is 12.6 Å². The van der Waals surface area contributed by atoms with Crippen molar-refractivity contribution in [2.24, 2.45) is 0 Å². The Morgan fingerprint density at radius 1 is 1.11 bits per heavy atom. The first kappa shape index (κ1) is 12.4. The minimum absolute atomic E-state index is 0.237. The first-order valence-corrected chi connectivity index (χ1v) is 5.91. The van der Waals surface area contributed by atoms with Crippen LogP contribution in [0.5, 0.6) is 0 Å². The van der Waals surface area contributed by atoms with Crippen molar-refractivity contribution >= 4 is 24.3 Å². The molecule has 92 valence electrons. The standard InChI is InChI=1S/C13H13N3OS/c17-13(15-9-10-5-7-14-8-6-10)16-11-1-3-12(18)4-2-11/h1-8,18H,9H2,(H2,15,16,17). The van der Waals surface area contributed by atoms with Crippen LogP contribution in [0.25, 0.3) is 0 Å². The smallest absolute Gasteiger partial charge is 0.319 e. The topological polar surface area (TPSA) is 54.0 Å². The average Bonchev–Trinajstić information content (AvgIpc) is 2.40. The number of aromatic nitrogens is 1. The molecule has 4 nitrogen and oxygen atoms in total. The van der Waals surface area contributed by atoms with Gasteiger partial charge in [-0.2, -0.15) is 0 Å². The van der Waals surface area contributed by atoms with E-state index in [0.717, 1.165) is 16.1 Å². The van der Waals surface area contributed by atoms with Crippen molar-refractivity contribution in [1.82, 2.24) is 10.3 Å². The van der Waals surface area contributed by atoms with Gasteiger partial charge in [-0.1, -0.05) is 0 Å². The average molecular weight is 259 g/mol. The molecule has 0 fully saturated rings. The van der Waals surface area contributed by atoms with Crippen molar-refractivity contribution in [3.8, 4) is 0 Å². The highest BCUT2D eigenvalue weighted by Crippen LogP contribution is 2.11. The maximum atomic E-state index is 11.6. The van der Waals surface area contributed by atoms with E-state index in [-0.39, 0.29) is 6.03 Å². The van der Waals surface area contributed by atoms with Crippen molar-refractivity contribution in [2.75, 3.05) is 5.32 Å². The van der Waals surface area contributed by atoms with Gasteiger partial charge >= 0.3 is 6.03 Å². The molecule has 1 aromatic carbocycles. The molecule has 0 aliphatic carbocycles. The van der Waals surface area contributed by atoms with Crippen LogP contribution in [0.1, 0.15) is 5.56 Å². The Labute approximate surface area is 111 Å². The normalized spacial score (nSPS) is 9.83. The number of carbonyl (C=O) groups excluding carboxylic acids is 1. The van der Waals surface area contributed by atoms with Crippen LogP contribution in [0.4, 0.5) is 10.5 Å². The van der Waals surface area contributed by atoms with Gasteiger partial charge in [-0.3, -0.25) is 4.98 Å². The Morgan fingerprint density at radius 3 is 2.44 bits per heavy atom. The highest BCUT2D eigenvalue weighted by atomic mass is 32.1. The van der Waals surface area contributed by atoms with Crippen molar-refractivity contribution < 1.29 is 4.79 Å². The number of carbonyl (C=O) groups is 1. The molecule has 0 radical (unpaired) electrons.